The first-order chi connectivity index (χ1) is 8.47. The summed E-state index contributed by atoms with van der Waals surface area (Å²) in [4.78, 5) is 11.9. The molecule has 0 aliphatic carbocycles. The van der Waals surface area contributed by atoms with E-state index in [1.165, 1.54) is 0 Å². The number of hydrogen-bond donors (Lipinski definition) is 1. The van der Waals surface area contributed by atoms with Crippen molar-refractivity contribution < 1.29 is 4.79 Å². The van der Waals surface area contributed by atoms with Crippen LogP contribution in [0.25, 0.3) is 0 Å². The molecule has 0 aliphatic rings. The average Bonchev–Trinajstić information content (AvgIpc) is 2.78. The van der Waals surface area contributed by atoms with Gasteiger partial charge in [0.2, 0.25) is 5.91 Å². The van der Waals surface area contributed by atoms with Crippen LogP contribution in [0.5, 0.6) is 0 Å². The van der Waals surface area contributed by atoms with E-state index < -0.39 is 0 Å². The first kappa shape index (κ1) is 12.8. The second kappa shape index (κ2) is 4.93. The average molecular weight is 312 g/mol. The zero-order valence-corrected chi connectivity index (χ0v) is 12.0. The van der Waals surface area contributed by atoms with Gasteiger partial charge in [0.05, 0.1) is 27.7 Å². The summed E-state index contributed by atoms with van der Waals surface area (Å²) in [6, 6.07) is 0. The van der Waals surface area contributed by atoms with E-state index in [0.29, 0.717) is 0 Å². The van der Waals surface area contributed by atoms with Gasteiger partial charge in [0.25, 0.3) is 0 Å². The van der Waals surface area contributed by atoms with Gasteiger partial charge in [-0.1, -0.05) is 0 Å². The monoisotopic (exact) mass is 311 g/mol. The summed E-state index contributed by atoms with van der Waals surface area (Å²) in [7, 11) is 1.85. The minimum Gasteiger partial charge on any atom is -0.321 e. The molecule has 0 saturated heterocycles. The van der Waals surface area contributed by atoms with Crippen LogP contribution >= 0.6 is 15.9 Å². The number of aryl methyl sites for hydroxylation is 2. The molecule has 0 aromatic carbocycles. The third-order valence-electron chi connectivity index (χ3n) is 2.68. The number of carbonyl (C=O) groups is 1. The molecule has 2 heterocycles. The molecule has 1 amide bonds. The molecule has 0 bridgehead atoms. The van der Waals surface area contributed by atoms with Gasteiger partial charge in [0, 0.05) is 13.2 Å². The number of hydrogen-bond acceptors (Lipinski definition) is 3. The Morgan fingerprint density at radius 3 is 2.72 bits per heavy atom. The van der Waals surface area contributed by atoms with Gasteiger partial charge in [-0.2, -0.15) is 10.2 Å². The number of carbonyl (C=O) groups excluding carboxylic acids is 1. The molecule has 2 aromatic rings. The third kappa shape index (κ3) is 2.61. The Morgan fingerprint density at radius 2 is 2.22 bits per heavy atom. The fourth-order valence-corrected chi connectivity index (χ4v) is 2.03. The molecule has 0 spiro atoms. The maximum atomic E-state index is 11.9. The van der Waals surface area contributed by atoms with E-state index in [4.69, 9.17) is 0 Å². The van der Waals surface area contributed by atoms with Gasteiger partial charge in [-0.25, -0.2) is 0 Å². The van der Waals surface area contributed by atoms with Crippen molar-refractivity contribution in [2.45, 2.75) is 20.4 Å². The molecule has 1 N–H and O–H groups in total. The van der Waals surface area contributed by atoms with Crippen LogP contribution in [0.15, 0.2) is 16.9 Å². The van der Waals surface area contributed by atoms with Gasteiger partial charge in [0.1, 0.15) is 6.54 Å². The number of nitrogens with zero attached hydrogens (tertiary/aromatic N) is 4. The highest BCUT2D eigenvalue weighted by Gasteiger charge is 2.12. The molecule has 7 heteroatoms. The molecule has 0 saturated carbocycles. The van der Waals surface area contributed by atoms with E-state index in [-0.39, 0.29) is 12.5 Å². The molecule has 0 atom stereocenters. The van der Waals surface area contributed by atoms with Crippen LogP contribution in [-0.4, -0.2) is 25.5 Å². The lowest BCUT2D eigenvalue weighted by molar-refractivity contribution is -0.116. The summed E-state index contributed by atoms with van der Waals surface area (Å²) < 4.78 is 4.17. The van der Waals surface area contributed by atoms with Crippen molar-refractivity contribution in [3.8, 4) is 0 Å². The van der Waals surface area contributed by atoms with Gasteiger partial charge in [-0.15, -0.1) is 0 Å². The number of rotatable bonds is 3. The Morgan fingerprint density at radius 1 is 1.50 bits per heavy atom. The predicted octanol–water partition coefficient (Wildman–Crippen LogP) is 1.63. The van der Waals surface area contributed by atoms with Gasteiger partial charge in [-0.05, 0) is 29.8 Å². The fourth-order valence-electron chi connectivity index (χ4n) is 1.71. The smallest absolute Gasteiger partial charge is 0.246 e. The molecule has 0 radical (unpaired) electrons. The molecule has 2 rings (SSSR count). The highest BCUT2D eigenvalue weighted by Crippen LogP contribution is 2.18. The minimum absolute atomic E-state index is 0.121. The summed E-state index contributed by atoms with van der Waals surface area (Å²) >= 11 is 3.29. The number of nitrogens with one attached hydrogen (secondary N) is 1. The quantitative estimate of drug-likeness (QED) is 0.937. The van der Waals surface area contributed by atoms with Crippen molar-refractivity contribution in [1.82, 2.24) is 19.6 Å². The van der Waals surface area contributed by atoms with Crippen molar-refractivity contribution >= 4 is 27.5 Å². The third-order valence-corrected chi connectivity index (χ3v) is 3.09. The van der Waals surface area contributed by atoms with Crippen molar-refractivity contribution in [3.05, 3.63) is 28.3 Å². The molecule has 0 aliphatic heterocycles. The van der Waals surface area contributed by atoms with Crippen LogP contribution < -0.4 is 5.32 Å². The van der Waals surface area contributed by atoms with Crippen molar-refractivity contribution in [2.75, 3.05) is 5.32 Å². The van der Waals surface area contributed by atoms with E-state index in [9.17, 15) is 4.79 Å². The zero-order valence-electron chi connectivity index (χ0n) is 10.4. The summed E-state index contributed by atoms with van der Waals surface area (Å²) in [6.45, 7) is 3.96. The number of amides is 1. The lowest BCUT2D eigenvalue weighted by Gasteiger charge is -2.05. The van der Waals surface area contributed by atoms with E-state index in [1.807, 2.05) is 20.9 Å². The molecule has 18 heavy (non-hydrogen) atoms. The van der Waals surface area contributed by atoms with Crippen LogP contribution in [0.3, 0.4) is 0 Å². The normalized spacial score (nSPS) is 10.7. The van der Waals surface area contributed by atoms with Crippen LogP contribution in [0.4, 0.5) is 5.69 Å². The van der Waals surface area contributed by atoms with Crippen LogP contribution in [0, 0.1) is 13.8 Å². The lowest BCUT2D eigenvalue weighted by atomic mass is 10.3. The largest absolute Gasteiger partial charge is 0.321 e. The van der Waals surface area contributed by atoms with E-state index in [1.54, 1.807) is 21.8 Å². The fraction of sp³-hybridized carbons (Fsp3) is 0.364. The predicted molar refractivity (Wildman–Crippen MR) is 71.2 cm³/mol. The topological polar surface area (TPSA) is 64.7 Å². The van der Waals surface area contributed by atoms with Gasteiger partial charge < -0.3 is 5.32 Å². The lowest BCUT2D eigenvalue weighted by Crippen LogP contribution is -2.19. The number of anilines is 1. The standard InChI is InChI=1S/C11H14BrN5O/c1-7-11(8(2)16(3)15-7)14-10(18)6-17-5-9(12)4-13-17/h4-5H,6H2,1-3H3,(H,14,18). The summed E-state index contributed by atoms with van der Waals surface area (Å²) in [5.74, 6) is -0.121. The summed E-state index contributed by atoms with van der Waals surface area (Å²) in [5.41, 5.74) is 2.52. The molecule has 6 nitrogen and oxygen atoms in total. The van der Waals surface area contributed by atoms with Gasteiger partial charge in [-0.3, -0.25) is 14.2 Å². The van der Waals surface area contributed by atoms with Gasteiger partial charge in [0.15, 0.2) is 0 Å². The second-order valence-corrected chi connectivity index (χ2v) is 4.99. The molecular formula is C11H14BrN5O. The van der Waals surface area contributed by atoms with Crippen molar-refractivity contribution in [2.24, 2.45) is 7.05 Å². The van der Waals surface area contributed by atoms with Gasteiger partial charge >= 0.3 is 0 Å². The first-order valence-electron chi connectivity index (χ1n) is 5.45. The van der Waals surface area contributed by atoms with E-state index >= 15 is 0 Å². The number of aromatic nitrogens is 4. The SMILES string of the molecule is Cc1nn(C)c(C)c1NC(=O)Cn1cc(Br)cn1. The highest BCUT2D eigenvalue weighted by molar-refractivity contribution is 9.10. The second-order valence-electron chi connectivity index (χ2n) is 4.07. The van der Waals surface area contributed by atoms with E-state index in [2.05, 4.69) is 31.4 Å². The molecule has 0 unspecified atom stereocenters. The molecule has 96 valence electrons. The first-order valence-corrected chi connectivity index (χ1v) is 6.24. The van der Waals surface area contributed by atoms with Crippen LogP contribution in [0.1, 0.15) is 11.4 Å². The van der Waals surface area contributed by atoms with Crippen LogP contribution in [-0.2, 0) is 18.4 Å². The summed E-state index contributed by atoms with van der Waals surface area (Å²) in [5, 5.41) is 11.1. The Labute approximate surface area is 113 Å². The maximum Gasteiger partial charge on any atom is 0.246 e. The molecule has 0 fully saturated rings. The highest BCUT2D eigenvalue weighted by atomic mass is 79.9. The van der Waals surface area contributed by atoms with Crippen molar-refractivity contribution in [1.29, 1.82) is 0 Å². The maximum absolute atomic E-state index is 11.9. The van der Waals surface area contributed by atoms with Crippen LogP contribution in [0.2, 0.25) is 0 Å². The number of halogens is 1. The summed E-state index contributed by atoms with van der Waals surface area (Å²) in [6.07, 6.45) is 3.40. The van der Waals surface area contributed by atoms with Crippen molar-refractivity contribution in [3.63, 3.8) is 0 Å². The van der Waals surface area contributed by atoms with E-state index in [0.717, 1.165) is 21.5 Å². The minimum atomic E-state index is -0.121. The Kier molecular flexibility index (Phi) is 3.51. The Hall–Kier alpha value is -1.63. The molecular weight excluding hydrogens is 298 g/mol. The zero-order chi connectivity index (χ0) is 13.3. The Bertz CT molecular complexity index is 586. The Balaban J connectivity index is 2.07. The molecule has 2 aromatic heterocycles.